The van der Waals surface area contributed by atoms with Crippen molar-refractivity contribution in [2.45, 2.75) is 27.2 Å². The standard InChI is InChI=1S/C29H29N3O2/c1-19-11-10-16-25(20(19)2)31-27(33)18-32(4)28(34)17-24-21(3)30-26-15-9-8-14-23(26)29(24)22-12-6-5-7-13-22/h5-16H,17-18H2,1-4H3,(H,31,33). The smallest absolute Gasteiger partial charge is 0.243 e. The average molecular weight is 452 g/mol. The van der Waals surface area contributed by atoms with E-state index < -0.39 is 0 Å². The number of likely N-dealkylation sites (N-methyl/N-ethyl adjacent to an activating group) is 1. The van der Waals surface area contributed by atoms with Gasteiger partial charge in [-0.3, -0.25) is 14.6 Å². The molecule has 4 rings (SSSR count). The number of amides is 2. The number of nitrogens with zero attached hydrogens (tertiary/aromatic N) is 2. The number of anilines is 1. The first kappa shape index (κ1) is 23.2. The van der Waals surface area contributed by atoms with Crippen LogP contribution < -0.4 is 5.32 Å². The summed E-state index contributed by atoms with van der Waals surface area (Å²) in [6.07, 6.45) is 0.168. The second kappa shape index (κ2) is 9.87. The van der Waals surface area contributed by atoms with Crippen LogP contribution in [0, 0.1) is 20.8 Å². The molecule has 34 heavy (non-hydrogen) atoms. The van der Waals surface area contributed by atoms with Crippen LogP contribution in [0.1, 0.15) is 22.4 Å². The molecule has 0 atom stereocenters. The minimum atomic E-state index is -0.221. The number of carbonyl (C=O) groups is 2. The molecule has 4 aromatic rings. The highest BCUT2D eigenvalue weighted by molar-refractivity contribution is 5.99. The molecule has 2 amide bonds. The predicted molar refractivity (Wildman–Crippen MR) is 138 cm³/mol. The van der Waals surface area contributed by atoms with Crippen LogP contribution in [0.15, 0.2) is 72.8 Å². The first-order valence-electron chi connectivity index (χ1n) is 11.4. The third-order valence-electron chi connectivity index (χ3n) is 6.28. The second-order valence-corrected chi connectivity index (χ2v) is 8.66. The van der Waals surface area contributed by atoms with Crippen LogP contribution in [0.2, 0.25) is 0 Å². The average Bonchev–Trinajstić information content (AvgIpc) is 2.83. The number of hydrogen-bond acceptors (Lipinski definition) is 3. The Morgan fingerprint density at radius 1 is 0.882 bits per heavy atom. The molecule has 0 radical (unpaired) electrons. The summed E-state index contributed by atoms with van der Waals surface area (Å²) >= 11 is 0. The lowest BCUT2D eigenvalue weighted by atomic mass is 9.92. The molecular weight excluding hydrogens is 422 g/mol. The highest BCUT2D eigenvalue weighted by atomic mass is 16.2. The van der Waals surface area contributed by atoms with Gasteiger partial charge in [0.2, 0.25) is 11.8 Å². The SMILES string of the molecule is Cc1cccc(NC(=O)CN(C)C(=O)Cc2c(C)nc3ccccc3c2-c2ccccc2)c1C. The topological polar surface area (TPSA) is 62.3 Å². The Kier molecular flexibility index (Phi) is 6.73. The minimum absolute atomic E-state index is 0.0209. The van der Waals surface area contributed by atoms with E-state index in [1.54, 1.807) is 7.05 Å². The number of pyridine rings is 1. The lowest BCUT2D eigenvalue weighted by Crippen LogP contribution is -2.36. The van der Waals surface area contributed by atoms with Gasteiger partial charge in [-0.05, 0) is 60.7 Å². The Balaban J connectivity index is 1.58. The van der Waals surface area contributed by atoms with Gasteiger partial charge in [0.05, 0.1) is 18.5 Å². The number of hydrogen-bond donors (Lipinski definition) is 1. The Morgan fingerprint density at radius 3 is 2.35 bits per heavy atom. The van der Waals surface area contributed by atoms with Crippen molar-refractivity contribution in [2.24, 2.45) is 0 Å². The molecule has 0 saturated heterocycles. The quantitative estimate of drug-likeness (QED) is 0.423. The summed E-state index contributed by atoms with van der Waals surface area (Å²) in [6, 6.07) is 23.8. The summed E-state index contributed by atoms with van der Waals surface area (Å²) < 4.78 is 0. The lowest BCUT2D eigenvalue weighted by molar-refractivity contribution is -0.132. The van der Waals surface area contributed by atoms with Crippen LogP contribution in [0.25, 0.3) is 22.0 Å². The zero-order valence-corrected chi connectivity index (χ0v) is 20.1. The van der Waals surface area contributed by atoms with Gasteiger partial charge in [-0.2, -0.15) is 0 Å². The van der Waals surface area contributed by atoms with Crippen molar-refractivity contribution in [3.8, 4) is 11.1 Å². The number of para-hydroxylation sites is 1. The Morgan fingerprint density at radius 2 is 1.59 bits per heavy atom. The number of aromatic nitrogens is 1. The van der Waals surface area contributed by atoms with Crippen LogP contribution in [-0.2, 0) is 16.0 Å². The van der Waals surface area contributed by atoms with E-state index in [1.165, 1.54) is 4.90 Å². The highest BCUT2D eigenvalue weighted by Crippen LogP contribution is 2.33. The first-order valence-corrected chi connectivity index (χ1v) is 11.4. The molecule has 5 heteroatoms. The van der Waals surface area contributed by atoms with Gasteiger partial charge in [-0.1, -0.05) is 60.7 Å². The molecule has 0 spiro atoms. The number of rotatable bonds is 6. The van der Waals surface area contributed by atoms with E-state index in [4.69, 9.17) is 4.98 Å². The highest BCUT2D eigenvalue weighted by Gasteiger charge is 2.20. The molecule has 172 valence electrons. The van der Waals surface area contributed by atoms with Gasteiger partial charge in [0.25, 0.3) is 0 Å². The third-order valence-corrected chi connectivity index (χ3v) is 6.28. The molecule has 0 bridgehead atoms. The van der Waals surface area contributed by atoms with E-state index in [-0.39, 0.29) is 24.8 Å². The predicted octanol–water partition coefficient (Wildman–Crippen LogP) is 5.47. The van der Waals surface area contributed by atoms with E-state index >= 15 is 0 Å². The molecule has 1 N–H and O–H groups in total. The number of carbonyl (C=O) groups excluding carboxylic acids is 2. The minimum Gasteiger partial charge on any atom is -0.336 e. The maximum Gasteiger partial charge on any atom is 0.243 e. The summed E-state index contributed by atoms with van der Waals surface area (Å²) in [6.45, 7) is 5.90. The van der Waals surface area contributed by atoms with Crippen LogP contribution in [-0.4, -0.2) is 35.3 Å². The zero-order valence-electron chi connectivity index (χ0n) is 20.1. The van der Waals surface area contributed by atoms with E-state index in [0.29, 0.717) is 0 Å². The maximum absolute atomic E-state index is 13.2. The van der Waals surface area contributed by atoms with Crippen LogP contribution in [0.5, 0.6) is 0 Å². The van der Waals surface area contributed by atoms with Crippen LogP contribution in [0.4, 0.5) is 5.69 Å². The summed E-state index contributed by atoms with van der Waals surface area (Å²) in [5.41, 5.74) is 7.57. The van der Waals surface area contributed by atoms with Gasteiger partial charge in [-0.15, -0.1) is 0 Å². The summed E-state index contributed by atoms with van der Waals surface area (Å²) in [5.74, 6) is -0.352. The van der Waals surface area contributed by atoms with E-state index in [0.717, 1.165) is 50.1 Å². The van der Waals surface area contributed by atoms with Crippen LogP contribution in [0.3, 0.4) is 0 Å². The van der Waals surface area contributed by atoms with E-state index in [2.05, 4.69) is 17.4 Å². The third kappa shape index (κ3) is 4.84. The van der Waals surface area contributed by atoms with Gasteiger partial charge in [0.1, 0.15) is 0 Å². The van der Waals surface area contributed by atoms with Crippen molar-refractivity contribution in [3.05, 3.63) is 95.2 Å². The van der Waals surface area contributed by atoms with Crippen molar-refractivity contribution in [2.75, 3.05) is 18.9 Å². The van der Waals surface area contributed by atoms with Gasteiger partial charge in [-0.25, -0.2) is 0 Å². The van der Waals surface area contributed by atoms with Crippen molar-refractivity contribution in [1.29, 1.82) is 0 Å². The summed E-state index contributed by atoms with van der Waals surface area (Å²) in [4.78, 5) is 32.1. The number of fused-ring (bicyclic) bond motifs is 1. The molecule has 0 aliphatic heterocycles. The lowest BCUT2D eigenvalue weighted by Gasteiger charge is -2.20. The summed E-state index contributed by atoms with van der Waals surface area (Å²) in [5, 5.41) is 3.94. The molecule has 0 aliphatic rings. The number of aryl methyl sites for hydroxylation is 2. The molecule has 0 unspecified atom stereocenters. The number of nitrogens with one attached hydrogen (secondary N) is 1. The molecule has 1 heterocycles. The van der Waals surface area contributed by atoms with Crippen molar-refractivity contribution < 1.29 is 9.59 Å². The Bertz CT molecular complexity index is 1360. The Hall–Kier alpha value is -3.99. The van der Waals surface area contributed by atoms with Gasteiger partial charge in [0, 0.05) is 23.8 Å². The molecule has 3 aromatic carbocycles. The second-order valence-electron chi connectivity index (χ2n) is 8.66. The van der Waals surface area contributed by atoms with Crippen molar-refractivity contribution >= 4 is 28.4 Å². The molecular formula is C29H29N3O2. The van der Waals surface area contributed by atoms with Gasteiger partial charge < -0.3 is 10.2 Å². The van der Waals surface area contributed by atoms with Gasteiger partial charge >= 0.3 is 0 Å². The Labute approximate surface area is 200 Å². The fourth-order valence-corrected chi connectivity index (χ4v) is 4.19. The largest absolute Gasteiger partial charge is 0.336 e. The molecule has 1 aromatic heterocycles. The first-order chi connectivity index (χ1) is 16.3. The van der Waals surface area contributed by atoms with Crippen molar-refractivity contribution in [3.63, 3.8) is 0 Å². The molecule has 5 nitrogen and oxygen atoms in total. The van der Waals surface area contributed by atoms with Gasteiger partial charge in [0.15, 0.2) is 0 Å². The van der Waals surface area contributed by atoms with Crippen LogP contribution >= 0.6 is 0 Å². The van der Waals surface area contributed by atoms with E-state index in [1.807, 2.05) is 81.4 Å². The fourth-order valence-electron chi connectivity index (χ4n) is 4.19. The molecule has 0 fully saturated rings. The molecule has 0 aliphatic carbocycles. The normalized spacial score (nSPS) is 10.8. The van der Waals surface area contributed by atoms with E-state index in [9.17, 15) is 9.59 Å². The fraction of sp³-hybridized carbons (Fsp3) is 0.207. The monoisotopic (exact) mass is 451 g/mol. The summed E-state index contributed by atoms with van der Waals surface area (Å²) in [7, 11) is 1.66. The maximum atomic E-state index is 13.2. The molecule has 0 saturated carbocycles. The number of benzene rings is 3. The van der Waals surface area contributed by atoms with Crippen molar-refractivity contribution in [1.82, 2.24) is 9.88 Å². The zero-order chi connectivity index (χ0) is 24.2.